The molecular weight excluding hydrogens is 436 g/mol. The van der Waals surface area contributed by atoms with Gasteiger partial charge in [-0.05, 0) is 41.8 Å². The Labute approximate surface area is 198 Å². The van der Waals surface area contributed by atoms with E-state index in [2.05, 4.69) is 52.6 Å². The van der Waals surface area contributed by atoms with E-state index in [0.29, 0.717) is 31.1 Å². The van der Waals surface area contributed by atoms with Crippen molar-refractivity contribution in [2.75, 3.05) is 68.7 Å². The molecule has 0 radical (unpaired) electrons. The number of hydrogen-bond acceptors (Lipinski definition) is 7. The van der Waals surface area contributed by atoms with Gasteiger partial charge in [-0.3, -0.25) is 0 Å². The monoisotopic (exact) mass is 472 g/mol. The van der Waals surface area contributed by atoms with Gasteiger partial charge >= 0.3 is 0 Å². The van der Waals surface area contributed by atoms with Gasteiger partial charge in [0.25, 0.3) is 0 Å². The van der Waals surface area contributed by atoms with Crippen molar-refractivity contribution in [3.05, 3.63) is 42.0 Å². The van der Waals surface area contributed by atoms with Crippen molar-refractivity contribution in [1.82, 2.24) is 19.4 Å². The first-order chi connectivity index (χ1) is 15.7. The Kier molecular flexibility index (Phi) is 6.93. The lowest BCUT2D eigenvalue weighted by atomic mass is 9.87. The molecule has 0 aliphatic carbocycles. The second-order valence-corrected chi connectivity index (χ2v) is 11.8. The lowest BCUT2D eigenvalue weighted by molar-refractivity contribution is 0.270. The predicted octanol–water partition coefficient (Wildman–Crippen LogP) is 2.43. The molecule has 0 N–H and O–H groups in total. The Morgan fingerprint density at radius 2 is 1.24 bits per heavy atom. The summed E-state index contributed by atoms with van der Waals surface area (Å²) in [5.74, 6) is 1.71. The first-order valence-electron chi connectivity index (χ1n) is 11.8. The molecule has 0 spiro atoms. The molecule has 0 atom stereocenters. The molecule has 0 unspecified atom stereocenters. The van der Waals surface area contributed by atoms with E-state index in [9.17, 15) is 8.42 Å². The molecule has 1 aromatic carbocycles. The molecule has 2 saturated heterocycles. The summed E-state index contributed by atoms with van der Waals surface area (Å²) in [7, 11) is -3.50. The maximum atomic E-state index is 13.1. The van der Waals surface area contributed by atoms with Gasteiger partial charge in [0, 0.05) is 52.4 Å². The topological polar surface area (TPSA) is 72.9 Å². The first-order valence-corrected chi connectivity index (χ1v) is 13.3. The summed E-state index contributed by atoms with van der Waals surface area (Å²) in [5, 5.41) is 8.90. The molecule has 2 aliphatic rings. The fraction of sp³-hybridized carbons (Fsp3) is 0.583. The van der Waals surface area contributed by atoms with Crippen molar-refractivity contribution in [3.8, 4) is 0 Å². The maximum absolute atomic E-state index is 13.1. The third-order valence-electron chi connectivity index (χ3n) is 6.70. The third-order valence-corrected chi connectivity index (χ3v) is 8.61. The molecule has 8 nitrogen and oxygen atoms in total. The molecule has 0 amide bonds. The highest BCUT2D eigenvalue weighted by atomic mass is 32.2. The molecule has 2 aliphatic heterocycles. The molecule has 0 saturated carbocycles. The molecular formula is C24H36N6O2S. The lowest BCUT2D eigenvalue weighted by Gasteiger charge is -2.35. The van der Waals surface area contributed by atoms with Crippen LogP contribution in [-0.2, 0) is 15.4 Å². The Balaban J connectivity index is 1.35. The highest BCUT2D eigenvalue weighted by Gasteiger charge is 2.29. The minimum Gasteiger partial charge on any atom is -0.353 e. The quantitative estimate of drug-likeness (QED) is 0.662. The molecule has 4 rings (SSSR count). The van der Waals surface area contributed by atoms with Crippen LogP contribution in [0.25, 0.3) is 0 Å². The Bertz CT molecular complexity index is 1020. The number of rotatable bonds is 5. The van der Waals surface area contributed by atoms with Crippen LogP contribution in [0.1, 0.15) is 33.3 Å². The molecule has 1 aromatic heterocycles. The Hall–Kier alpha value is -2.23. The standard InChI is InChI=1S/C24H36N6O2S/c1-5-27-12-14-28(15-13-27)22-10-11-23(26-25-22)29-16-18-30(19-17-29)33(31,32)21-8-6-20(7-9-21)24(2,3)4/h6-11H,5,12-19H2,1-4H3. The van der Waals surface area contributed by atoms with Crippen LogP contribution in [0.5, 0.6) is 0 Å². The molecule has 2 aromatic rings. The van der Waals surface area contributed by atoms with Crippen molar-refractivity contribution >= 4 is 21.7 Å². The second kappa shape index (κ2) is 9.56. The third kappa shape index (κ3) is 5.31. The zero-order chi connectivity index (χ0) is 23.6. The van der Waals surface area contributed by atoms with Crippen LogP contribution in [-0.4, -0.2) is 86.7 Å². The van der Waals surface area contributed by atoms with Crippen molar-refractivity contribution in [2.24, 2.45) is 0 Å². The summed E-state index contributed by atoms with van der Waals surface area (Å²) >= 11 is 0. The van der Waals surface area contributed by atoms with E-state index in [0.717, 1.165) is 49.9 Å². The van der Waals surface area contributed by atoms with Gasteiger partial charge in [-0.2, -0.15) is 4.31 Å². The van der Waals surface area contributed by atoms with E-state index in [-0.39, 0.29) is 5.41 Å². The molecule has 180 valence electrons. The van der Waals surface area contributed by atoms with Crippen LogP contribution in [0.2, 0.25) is 0 Å². The second-order valence-electron chi connectivity index (χ2n) is 9.84. The number of sulfonamides is 1. The predicted molar refractivity (Wildman–Crippen MR) is 132 cm³/mol. The highest BCUT2D eigenvalue weighted by Crippen LogP contribution is 2.26. The summed E-state index contributed by atoms with van der Waals surface area (Å²) in [6.45, 7) is 15.8. The van der Waals surface area contributed by atoms with Gasteiger partial charge < -0.3 is 14.7 Å². The van der Waals surface area contributed by atoms with Gasteiger partial charge in [-0.25, -0.2) is 8.42 Å². The van der Waals surface area contributed by atoms with E-state index in [1.165, 1.54) is 0 Å². The van der Waals surface area contributed by atoms with Crippen molar-refractivity contribution in [1.29, 1.82) is 0 Å². The first kappa shape index (κ1) is 23.9. The van der Waals surface area contributed by atoms with Gasteiger partial charge in [0.05, 0.1) is 4.90 Å². The molecule has 9 heteroatoms. The Morgan fingerprint density at radius 1 is 0.758 bits per heavy atom. The van der Waals surface area contributed by atoms with Crippen LogP contribution < -0.4 is 9.80 Å². The van der Waals surface area contributed by atoms with Crippen molar-refractivity contribution in [2.45, 2.75) is 38.0 Å². The lowest BCUT2D eigenvalue weighted by Crippen LogP contribution is -2.49. The molecule has 33 heavy (non-hydrogen) atoms. The van der Waals surface area contributed by atoms with E-state index in [4.69, 9.17) is 0 Å². The minimum atomic E-state index is -3.50. The van der Waals surface area contributed by atoms with Gasteiger partial charge in [0.2, 0.25) is 10.0 Å². The molecule has 3 heterocycles. The van der Waals surface area contributed by atoms with Gasteiger partial charge in [-0.15, -0.1) is 10.2 Å². The average molecular weight is 473 g/mol. The van der Waals surface area contributed by atoms with E-state index >= 15 is 0 Å². The number of benzene rings is 1. The van der Waals surface area contributed by atoms with Crippen LogP contribution >= 0.6 is 0 Å². The summed E-state index contributed by atoms with van der Waals surface area (Å²) in [5.41, 5.74) is 1.12. The van der Waals surface area contributed by atoms with Crippen LogP contribution in [0.15, 0.2) is 41.3 Å². The fourth-order valence-electron chi connectivity index (χ4n) is 4.38. The van der Waals surface area contributed by atoms with Crippen LogP contribution in [0, 0.1) is 0 Å². The number of aromatic nitrogens is 2. The number of piperazine rings is 2. The number of anilines is 2. The molecule has 0 bridgehead atoms. The largest absolute Gasteiger partial charge is 0.353 e. The van der Waals surface area contributed by atoms with E-state index in [1.54, 1.807) is 16.4 Å². The summed E-state index contributed by atoms with van der Waals surface area (Å²) in [6.07, 6.45) is 0. The summed E-state index contributed by atoms with van der Waals surface area (Å²) in [6, 6.07) is 11.3. The van der Waals surface area contributed by atoms with Gasteiger partial charge in [0.15, 0.2) is 11.6 Å². The number of hydrogen-bond donors (Lipinski definition) is 0. The van der Waals surface area contributed by atoms with Crippen LogP contribution in [0.4, 0.5) is 11.6 Å². The van der Waals surface area contributed by atoms with Crippen molar-refractivity contribution < 1.29 is 8.42 Å². The van der Waals surface area contributed by atoms with E-state index in [1.807, 2.05) is 24.3 Å². The zero-order valence-corrected chi connectivity index (χ0v) is 21.1. The SMILES string of the molecule is CCN1CCN(c2ccc(N3CCN(S(=O)(=O)c4ccc(C(C)(C)C)cc4)CC3)nn2)CC1. The Morgan fingerprint density at radius 3 is 1.67 bits per heavy atom. The smallest absolute Gasteiger partial charge is 0.243 e. The van der Waals surface area contributed by atoms with Crippen LogP contribution in [0.3, 0.4) is 0 Å². The summed E-state index contributed by atoms with van der Waals surface area (Å²) < 4.78 is 27.8. The zero-order valence-electron chi connectivity index (χ0n) is 20.2. The maximum Gasteiger partial charge on any atom is 0.243 e. The average Bonchev–Trinajstić information content (AvgIpc) is 2.84. The van der Waals surface area contributed by atoms with E-state index < -0.39 is 10.0 Å². The number of likely N-dealkylation sites (N-methyl/N-ethyl adjacent to an activating group) is 1. The summed E-state index contributed by atoms with van der Waals surface area (Å²) in [4.78, 5) is 7.18. The minimum absolute atomic E-state index is 0.00560. The van der Waals surface area contributed by atoms with Crippen molar-refractivity contribution in [3.63, 3.8) is 0 Å². The fourth-order valence-corrected chi connectivity index (χ4v) is 5.80. The highest BCUT2D eigenvalue weighted by molar-refractivity contribution is 7.89. The normalized spacial score (nSPS) is 19.2. The van der Waals surface area contributed by atoms with Gasteiger partial charge in [-0.1, -0.05) is 39.8 Å². The molecule has 2 fully saturated rings. The number of nitrogens with zero attached hydrogens (tertiary/aromatic N) is 6. The van der Waals surface area contributed by atoms with Gasteiger partial charge in [0.1, 0.15) is 0 Å².